The van der Waals surface area contributed by atoms with Crippen LogP contribution in [0.3, 0.4) is 0 Å². The first kappa shape index (κ1) is 18.0. The Hall–Kier alpha value is -1.36. The zero-order valence-electron chi connectivity index (χ0n) is 14.2. The zero-order valence-corrected chi connectivity index (χ0v) is 15.0. The van der Waals surface area contributed by atoms with Gasteiger partial charge >= 0.3 is 0 Å². The molecule has 4 nitrogen and oxygen atoms in total. The van der Waals surface area contributed by atoms with E-state index in [0.29, 0.717) is 12.6 Å². The minimum atomic E-state index is 0.457. The Morgan fingerprint density at radius 3 is 2.78 bits per heavy atom. The second-order valence-corrected chi connectivity index (χ2v) is 6.19. The third kappa shape index (κ3) is 5.06. The fourth-order valence-corrected chi connectivity index (χ4v) is 2.73. The highest BCUT2D eigenvalue weighted by Gasteiger charge is 2.17. The van der Waals surface area contributed by atoms with Crippen LogP contribution >= 0.6 is 11.6 Å². The number of imidazole rings is 1. The van der Waals surface area contributed by atoms with Gasteiger partial charge in [-0.1, -0.05) is 36.7 Å². The monoisotopic (exact) mass is 335 g/mol. The standard InChI is InChI=1S/C18H26ClN3O/c1-4-15(2)22(13-16-7-5-6-8-17(16)19)14-18-20-9-10-21(18)11-12-23-3/h5-10,15H,4,11-14H2,1-3H3/t15-/m1/s1. The van der Waals surface area contributed by atoms with Crippen molar-refractivity contribution >= 4 is 11.6 Å². The quantitative estimate of drug-likeness (QED) is 0.694. The molecule has 23 heavy (non-hydrogen) atoms. The van der Waals surface area contributed by atoms with Gasteiger partial charge in [0.1, 0.15) is 5.82 Å². The van der Waals surface area contributed by atoms with Gasteiger partial charge in [-0.05, 0) is 25.0 Å². The molecule has 0 amide bonds. The Labute approximate surface area is 144 Å². The Kier molecular flexibility index (Phi) is 7.09. The molecule has 0 radical (unpaired) electrons. The molecule has 1 aromatic heterocycles. The van der Waals surface area contributed by atoms with Gasteiger partial charge in [-0.25, -0.2) is 4.98 Å². The van der Waals surface area contributed by atoms with E-state index in [0.717, 1.165) is 42.5 Å². The number of benzene rings is 1. The van der Waals surface area contributed by atoms with E-state index < -0.39 is 0 Å². The second kappa shape index (κ2) is 9.06. The van der Waals surface area contributed by atoms with Crippen LogP contribution in [0.2, 0.25) is 5.02 Å². The molecule has 2 aromatic rings. The van der Waals surface area contributed by atoms with Gasteiger partial charge in [-0.15, -0.1) is 0 Å². The summed E-state index contributed by atoms with van der Waals surface area (Å²) in [7, 11) is 1.72. The Morgan fingerprint density at radius 2 is 2.09 bits per heavy atom. The van der Waals surface area contributed by atoms with E-state index >= 15 is 0 Å². The number of hydrogen-bond acceptors (Lipinski definition) is 3. The van der Waals surface area contributed by atoms with E-state index in [9.17, 15) is 0 Å². The van der Waals surface area contributed by atoms with Crippen molar-refractivity contribution in [3.8, 4) is 0 Å². The van der Waals surface area contributed by atoms with Crippen LogP contribution in [0.5, 0.6) is 0 Å². The Bertz CT molecular complexity index is 599. The molecule has 126 valence electrons. The van der Waals surface area contributed by atoms with E-state index in [1.807, 2.05) is 30.6 Å². The average Bonchev–Trinajstić information content (AvgIpc) is 3.00. The van der Waals surface area contributed by atoms with Crippen molar-refractivity contribution in [1.29, 1.82) is 0 Å². The first-order valence-corrected chi connectivity index (χ1v) is 8.49. The molecule has 0 fully saturated rings. The molecule has 1 atom stereocenters. The van der Waals surface area contributed by atoms with Crippen molar-refractivity contribution in [2.75, 3.05) is 13.7 Å². The molecule has 2 rings (SSSR count). The van der Waals surface area contributed by atoms with Gasteiger partial charge in [0.25, 0.3) is 0 Å². The first-order valence-electron chi connectivity index (χ1n) is 8.12. The molecular formula is C18H26ClN3O. The predicted octanol–water partition coefficient (Wildman–Crippen LogP) is 3.98. The summed E-state index contributed by atoms with van der Waals surface area (Å²) in [5.74, 6) is 1.06. The summed E-state index contributed by atoms with van der Waals surface area (Å²) in [6.07, 6.45) is 4.96. The molecule has 0 saturated carbocycles. The van der Waals surface area contributed by atoms with Crippen molar-refractivity contribution in [3.63, 3.8) is 0 Å². The van der Waals surface area contributed by atoms with Gasteiger partial charge in [0, 0.05) is 43.7 Å². The molecule has 1 heterocycles. The van der Waals surface area contributed by atoms with Gasteiger partial charge in [0.05, 0.1) is 13.2 Å². The molecule has 0 aliphatic heterocycles. The van der Waals surface area contributed by atoms with Crippen LogP contribution in [0.4, 0.5) is 0 Å². The maximum absolute atomic E-state index is 6.33. The smallest absolute Gasteiger partial charge is 0.122 e. The maximum atomic E-state index is 6.33. The summed E-state index contributed by atoms with van der Waals surface area (Å²) >= 11 is 6.33. The van der Waals surface area contributed by atoms with Crippen LogP contribution < -0.4 is 0 Å². The maximum Gasteiger partial charge on any atom is 0.122 e. The van der Waals surface area contributed by atoms with E-state index in [1.54, 1.807) is 7.11 Å². The highest BCUT2D eigenvalue weighted by atomic mass is 35.5. The molecule has 0 unspecified atom stereocenters. The number of halogens is 1. The Morgan fingerprint density at radius 1 is 1.30 bits per heavy atom. The normalized spacial score (nSPS) is 12.7. The molecule has 0 bridgehead atoms. The Balaban J connectivity index is 2.13. The zero-order chi connectivity index (χ0) is 16.7. The van der Waals surface area contributed by atoms with Gasteiger partial charge in [-0.3, -0.25) is 4.90 Å². The van der Waals surface area contributed by atoms with E-state index in [2.05, 4.69) is 34.4 Å². The fourth-order valence-electron chi connectivity index (χ4n) is 2.54. The summed E-state index contributed by atoms with van der Waals surface area (Å²) in [5, 5.41) is 0.823. The van der Waals surface area contributed by atoms with Crippen molar-refractivity contribution in [2.45, 2.75) is 45.9 Å². The molecule has 0 aliphatic carbocycles. The van der Waals surface area contributed by atoms with Crippen molar-refractivity contribution in [1.82, 2.24) is 14.5 Å². The number of hydrogen-bond donors (Lipinski definition) is 0. The topological polar surface area (TPSA) is 30.3 Å². The summed E-state index contributed by atoms with van der Waals surface area (Å²) in [5.41, 5.74) is 1.16. The lowest BCUT2D eigenvalue weighted by Crippen LogP contribution is -2.33. The molecule has 0 aliphatic rings. The lowest BCUT2D eigenvalue weighted by atomic mass is 10.1. The van der Waals surface area contributed by atoms with E-state index in [1.165, 1.54) is 0 Å². The number of nitrogens with zero attached hydrogens (tertiary/aromatic N) is 3. The second-order valence-electron chi connectivity index (χ2n) is 5.78. The first-order chi connectivity index (χ1) is 11.2. The molecule has 0 saturated heterocycles. The van der Waals surface area contributed by atoms with Crippen molar-refractivity contribution in [2.24, 2.45) is 0 Å². The molecule has 0 spiro atoms. The van der Waals surface area contributed by atoms with Gasteiger partial charge < -0.3 is 9.30 Å². The van der Waals surface area contributed by atoms with Gasteiger partial charge in [0.15, 0.2) is 0 Å². The van der Waals surface area contributed by atoms with Crippen LogP contribution in [-0.4, -0.2) is 34.2 Å². The number of methoxy groups -OCH3 is 1. The SMILES string of the molecule is CC[C@@H](C)N(Cc1ccccc1Cl)Cc1nccn1CCOC. The van der Waals surface area contributed by atoms with Crippen LogP contribution in [0, 0.1) is 0 Å². The van der Waals surface area contributed by atoms with Crippen LogP contribution in [0.15, 0.2) is 36.7 Å². The van der Waals surface area contributed by atoms with E-state index in [4.69, 9.17) is 16.3 Å². The highest BCUT2D eigenvalue weighted by Crippen LogP contribution is 2.20. The molecular weight excluding hydrogens is 310 g/mol. The lowest BCUT2D eigenvalue weighted by Gasteiger charge is -2.28. The number of aromatic nitrogens is 2. The third-order valence-electron chi connectivity index (χ3n) is 4.23. The minimum absolute atomic E-state index is 0.457. The summed E-state index contributed by atoms with van der Waals surface area (Å²) in [6, 6.07) is 8.51. The summed E-state index contributed by atoms with van der Waals surface area (Å²) in [6.45, 7) is 7.60. The highest BCUT2D eigenvalue weighted by molar-refractivity contribution is 6.31. The fraction of sp³-hybridized carbons (Fsp3) is 0.500. The summed E-state index contributed by atoms with van der Waals surface area (Å²) < 4.78 is 7.33. The predicted molar refractivity (Wildman–Crippen MR) is 94.6 cm³/mol. The van der Waals surface area contributed by atoms with Gasteiger partial charge in [-0.2, -0.15) is 0 Å². The van der Waals surface area contributed by atoms with Crippen LogP contribution in [-0.2, 0) is 24.4 Å². The molecule has 1 aromatic carbocycles. The lowest BCUT2D eigenvalue weighted by molar-refractivity contribution is 0.168. The average molecular weight is 336 g/mol. The molecule has 0 N–H and O–H groups in total. The summed E-state index contributed by atoms with van der Waals surface area (Å²) in [4.78, 5) is 6.95. The van der Waals surface area contributed by atoms with Crippen LogP contribution in [0.1, 0.15) is 31.7 Å². The van der Waals surface area contributed by atoms with Gasteiger partial charge in [0.2, 0.25) is 0 Å². The van der Waals surface area contributed by atoms with E-state index in [-0.39, 0.29) is 0 Å². The molecule has 5 heteroatoms. The van der Waals surface area contributed by atoms with Crippen LogP contribution in [0.25, 0.3) is 0 Å². The third-order valence-corrected chi connectivity index (χ3v) is 4.60. The number of ether oxygens (including phenoxy) is 1. The van der Waals surface area contributed by atoms with Crippen molar-refractivity contribution in [3.05, 3.63) is 53.1 Å². The number of rotatable bonds is 9. The largest absolute Gasteiger partial charge is 0.383 e. The minimum Gasteiger partial charge on any atom is -0.383 e. The van der Waals surface area contributed by atoms with Crippen molar-refractivity contribution < 1.29 is 4.74 Å².